The van der Waals surface area contributed by atoms with Crippen LogP contribution in [0.5, 0.6) is 5.75 Å². The van der Waals surface area contributed by atoms with Crippen molar-refractivity contribution in [3.8, 4) is 5.75 Å². The maximum atomic E-state index is 12.7. The fourth-order valence-corrected chi connectivity index (χ4v) is 9.85. The highest BCUT2D eigenvalue weighted by Crippen LogP contribution is 2.50. The Morgan fingerprint density at radius 2 is 1.49 bits per heavy atom. The van der Waals surface area contributed by atoms with E-state index in [0.717, 1.165) is 11.3 Å². The Bertz CT molecular complexity index is 1420. The Morgan fingerprint density at radius 3 is 2.00 bits per heavy atom. The van der Waals surface area contributed by atoms with E-state index in [1.54, 1.807) is 7.11 Å². The van der Waals surface area contributed by atoms with Gasteiger partial charge in [0.15, 0.2) is 0 Å². The SMILES string of the molecule is COc1ccc(N(C(C)C)S(C)(=O)=O)cc1CNC1C2CC3CCCCC(C2)N3C1C(c1ccccc1)c1ccccc1. The molecule has 3 aromatic rings. The largest absolute Gasteiger partial charge is 0.496 e. The Labute approximate surface area is 258 Å². The minimum Gasteiger partial charge on any atom is -0.496 e. The van der Waals surface area contributed by atoms with Crippen LogP contribution >= 0.6 is 0 Å². The first-order chi connectivity index (χ1) is 20.8. The van der Waals surface area contributed by atoms with Gasteiger partial charge in [-0.2, -0.15) is 0 Å². The van der Waals surface area contributed by atoms with Gasteiger partial charge in [-0.25, -0.2) is 8.42 Å². The summed E-state index contributed by atoms with van der Waals surface area (Å²) < 4.78 is 32.7. The Hall–Kier alpha value is -2.87. The predicted octanol–water partition coefficient (Wildman–Crippen LogP) is 6.57. The average molecular weight is 602 g/mol. The molecule has 0 aromatic heterocycles. The molecule has 4 bridgehead atoms. The third-order valence-electron chi connectivity index (χ3n) is 10.1. The zero-order valence-corrected chi connectivity index (χ0v) is 26.8. The van der Waals surface area contributed by atoms with Crippen LogP contribution in [0.3, 0.4) is 0 Å². The lowest BCUT2D eigenvalue weighted by atomic mass is 9.66. The van der Waals surface area contributed by atoms with E-state index in [4.69, 9.17) is 4.74 Å². The van der Waals surface area contributed by atoms with E-state index in [-0.39, 0.29) is 12.0 Å². The normalized spacial score (nSPS) is 26.8. The van der Waals surface area contributed by atoms with Crippen molar-refractivity contribution in [1.29, 1.82) is 0 Å². The first-order valence-corrected chi connectivity index (χ1v) is 17.9. The van der Waals surface area contributed by atoms with Gasteiger partial charge in [-0.05, 0) is 74.8 Å². The van der Waals surface area contributed by atoms with Gasteiger partial charge in [0.05, 0.1) is 19.1 Å². The van der Waals surface area contributed by atoms with Crippen LogP contribution in [-0.2, 0) is 16.6 Å². The molecule has 43 heavy (non-hydrogen) atoms. The smallest absolute Gasteiger partial charge is 0.232 e. The maximum Gasteiger partial charge on any atom is 0.232 e. The molecule has 0 aliphatic carbocycles. The molecule has 7 rings (SSSR count). The molecule has 4 aliphatic rings. The molecule has 7 heteroatoms. The number of nitrogens with zero attached hydrogens (tertiary/aromatic N) is 2. The van der Waals surface area contributed by atoms with Crippen LogP contribution < -0.4 is 14.4 Å². The molecular weight excluding hydrogens is 554 g/mol. The van der Waals surface area contributed by atoms with Crippen molar-refractivity contribution in [1.82, 2.24) is 10.2 Å². The lowest BCUT2D eigenvalue weighted by Gasteiger charge is -2.60. The lowest BCUT2D eigenvalue weighted by Crippen LogP contribution is -2.70. The quantitative estimate of drug-likeness (QED) is 0.285. The Morgan fingerprint density at radius 1 is 0.907 bits per heavy atom. The molecule has 4 saturated heterocycles. The predicted molar refractivity (Wildman–Crippen MR) is 175 cm³/mol. The summed E-state index contributed by atoms with van der Waals surface area (Å²) in [6, 6.07) is 29.6. The average Bonchev–Trinajstić information content (AvgIpc) is 3.13. The molecule has 4 aliphatic heterocycles. The van der Waals surface area contributed by atoms with Crippen molar-refractivity contribution < 1.29 is 13.2 Å². The number of fused-ring (bicyclic) bond motifs is 1. The van der Waals surface area contributed by atoms with Crippen LogP contribution in [0.15, 0.2) is 78.9 Å². The summed E-state index contributed by atoms with van der Waals surface area (Å²) >= 11 is 0. The van der Waals surface area contributed by atoms with Crippen LogP contribution in [0, 0.1) is 5.92 Å². The van der Waals surface area contributed by atoms with Gasteiger partial charge < -0.3 is 10.1 Å². The third-order valence-corrected chi connectivity index (χ3v) is 11.4. The van der Waals surface area contributed by atoms with Crippen LogP contribution in [0.4, 0.5) is 5.69 Å². The second-order valence-corrected chi connectivity index (χ2v) is 15.0. The lowest BCUT2D eigenvalue weighted by molar-refractivity contribution is -0.0771. The molecule has 0 saturated carbocycles. The summed E-state index contributed by atoms with van der Waals surface area (Å²) in [4.78, 5) is 2.94. The van der Waals surface area contributed by atoms with Gasteiger partial charge >= 0.3 is 0 Å². The zero-order chi connectivity index (χ0) is 30.1. The minimum atomic E-state index is -3.42. The van der Waals surface area contributed by atoms with E-state index in [1.165, 1.54) is 60.2 Å². The summed E-state index contributed by atoms with van der Waals surface area (Å²) in [5.41, 5.74) is 4.40. The van der Waals surface area contributed by atoms with Gasteiger partial charge in [-0.3, -0.25) is 9.21 Å². The number of sulfonamides is 1. The second-order valence-electron chi connectivity index (χ2n) is 13.1. The first kappa shape index (κ1) is 30.2. The van der Waals surface area contributed by atoms with E-state index < -0.39 is 10.0 Å². The summed E-state index contributed by atoms with van der Waals surface area (Å²) in [6.07, 6.45) is 9.00. The number of ether oxygens (including phenoxy) is 1. The highest BCUT2D eigenvalue weighted by atomic mass is 32.2. The standard InChI is InChI=1S/C36H47N3O3S/c1-25(2)39(43(4,40)41)32-19-20-33(42-3)29(23-32)24-37-35-28-21-30-17-11-12-18-31(22-28)38(30)36(35)34(26-13-7-5-8-14-26)27-15-9-6-10-16-27/h5-10,13-16,19-20,23,25,28,30-31,34-37H,11-12,17-18,21-22,24H2,1-4H3. The Kier molecular flexibility index (Phi) is 8.86. The van der Waals surface area contributed by atoms with Crippen LogP contribution in [0.25, 0.3) is 0 Å². The van der Waals surface area contributed by atoms with Crippen LogP contribution in [0.1, 0.15) is 75.0 Å². The molecule has 3 aromatic carbocycles. The van der Waals surface area contributed by atoms with E-state index in [0.29, 0.717) is 42.3 Å². The molecule has 4 heterocycles. The fourth-order valence-electron chi connectivity index (χ4n) is 8.59. The molecule has 6 nitrogen and oxygen atoms in total. The summed E-state index contributed by atoms with van der Waals surface area (Å²) in [5, 5.41) is 4.07. The van der Waals surface area contributed by atoms with Crippen LogP contribution in [-0.4, -0.2) is 56.9 Å². The van der Waals surface area contributed by atoms with E-state index >= 15 is 0 Å². The molecule has 4 atom stereocenters. The molecule has 0 amide bonds. The third kappa shape index (κ3) is 6.09. The molecule has 0 radical (unpaired) electrons. The number of anilines is 1. The van der Waals surface area contributed by atoms with Gasteiger partial charge in [-0.1, -0.05) is 73.5 Å². The van der Waals surface area contributed by atoms with Gasteiger partial charge in [0.25, 0.3) is 0 Å². The summed E-state index contributed by atoms with van der Waals surface area (Å²) in [6.45, 7) is 4.44. The summed E-state index contributed by atoms with van der Waals surface area (Å²) in [5.74, 6) is 1.62. The highest BCUT2D eigenvalue weighted by Gasteiger charge is 2.54. The number of piperidine rings is 3. The first-order valence-electron chi connectivity index (χ1n) is 16.0. The van der Waals surface area contributed by atoms with Gasteiger partial charge in [0.1, 0.15) is 5.75 Å². The minimum absolute atomic E-state index is 0.184. The van der Waals surface area contributed by atoms with Crippen molar-refractivity contribution in [2.45, 2.75) is 95.0 Å². The molecule has 4 fully saturated rings. The van der Waals surface area contributed by atoms with Crippen molar-refractivity contribution in [2.24, 2.45) is 5.92 Å². The van der Waals surface area contributed by atoms with Crippen molar-refractivity contribution in [3.63, 3.8) is 0 Å². The molecule has 230 valence electrons. The monoisotopic (exact) mass is 601 g/mol. The van der Waals surface area contributed by atoms with Crippen molar-refractivity contribution in [3.05, 3.63) is 95.6 Å². The highest BCUT2D eigenvalue weighted by molar-refractivity contribution is 7.92. The van der Waals surface area contributed by atoms with Gasteiger partial charge in [0.2, 0.25) is 10.0 Å². The van der Waals surface area contributed by atoms with E-state index in [2.05, 4.69) is 70.9 Å². The number of hydrogen-bond acceptors (Lipinski definition) is 5. The molecule has 4 unspecified atom stereocenters. The maximum absolute atomic E-state index is 12.7. The second kappa shape index (κ2) is 12.6. The van der Waals surface area contributed by atoms with Crippen LogP contribution in [0.2, 0.25) is 0 Å². The van der Waals surface area contributed by atoms with E-state index in [9.17, 15) is 8.42 Å². The fraction of sp³-hybridized carbons (Fsp3) is 0.500. The number of benzene rings is 3. The number of methoxy groups -OCH3 is 1. The molecule has 1 N–H and O–H groups in total. The van der Waals surface area contributed by atoms with Crippen molar-refractivity contribution >= 4 is 15.7 Å². The van der Waals surface area contributed by atoms with E-state index in [1.807, 2.05) is 32.0 Å². The van der Waals surface area contributed by atoms with Gasteiger partial charge in [-0.15, -0.1) is 0 Å². The molecular formula is C36H47N3O3S. The van der Waals surface area contributed by atoms with Gasteiger partial charge in [0, 0.05) is 48.2 Å². The number of hydrogen-bond donors (Lipinski definition) is 1. The molecule has 0 spiro atoms. The number of nitrogens with one attached hydrogen (secondary N) is 1. The number of rotatable bonds is 10. The topological polar surface area (TPSA) is 61.9 Å². The Balaban J connectivity index is 1.39. The summed E-state index contributed by atoms with van der Waals surface area (Å²) in [7, 11) is -1.73. The van der Waals surface area contributed by atoms with Crippen molar-refractivity contribution in [2.75, 3.05) is 17.7 Å². The zero-order valence-electron chi connectivity index (χ0n) is 26.0.